The van der Waals surface area contributed by atoms with Gasteiger partial charge in [0.15, 0.2) is 0 Å². The third-order valence-electron chi connectivity index (χ3n) is 4.86. The van der Waals surface area contributed by atoms with Crippen LogP contribution in [0.25, 0.3) is 22.0 Å². The molecule has 0 bridgehead atoms. The van der Waals surface area contributed by atoms with Crippen molar-refractivity contribution in [2.24, 2.45) is 0 Å². The maximum Gasteiger partial charge on any atom is 0.321 e. The van der Waals surface area contributed by atoms with Crippen molar-refractivity contribution >= 4 is 28.2 Å². The maximum absolute atomic E-state index is 6.55. The molecule has 3 heterocycles. The van der Waals surface area contributed by atoms with Crippen LogP contribution in [-0.4, -0.2) is 34.0 Å². The van der Waals surface area contributed by atoms with Crippen molar-refractivity contribution in [1.29, 1.82) is 0 Å². The molecule has 28 heavy (non-hydrogen) atoms. The molecule has 7 nitrogen and oxygen atoms in total. The molecule has 0 radical (unpaired) electrons. The first-order valence-electron chi connectivity index (χ1n) is 8.69. The molecular formula is C20H16ClN5O2. The van der Waals surface area contributed by atoms with E-state index in [1.165, 1.54) is 7.11 Å². The Morgan fingerprint density at radius 2 is 1.86 bits per heavy atom. The lowest BCUT2D eigenvalue weighted by atomic mass is 10.0. The molecule has 0 saturated heterocycles. The Kier molecular flexibility index (Phi) is 3.84. The number of methoxy groups -OCH3 is 2. The van der Waals surface area contributed by atoms with Crippen molar-refractivity contribution in [2.45, 2.75) is 6.17 Å². The van der Waals surface area contributed by atoms with E-state index in [-0.39, 0.29) is 12.2 Å². The SMILES string of the molecule is COc1nc2c(c(OC)n1)-c1ccnn1C(c1cccc3cccc(Cl)c13)N2. The smallest absolute Gasteiger partial charge is 0.321 e. The summed E-state index contributed by atoms with van der Waals surface area (Å²) in [6, 6.07) is 14.1. The van der Waals surface area contributed by atoms with Gasteiger partial charge in [0.05, 0.1) is 19.9 Å². The van der Waals surface area contributed by atoms with Gasteiger partial charge in [0, 0.05) is 22.2 Å². The predicted octanol–water partition coefficient (Wildman–Crippen LogP) is 4.14. The van der Waals surface area contributed by atoms with E-state index in [9.17, 15) is 0 Å². The first-order chi connectivity index (χ1) is 13.7. The fourth-order valence-electron chi connectivity index (χ4n) is 3.66. The first-order valence-corrected chi connectivity index (χ1v) is 9.06. The lowest BCUT2D eigenvalue weighted by Crippen LogP contribution is -2.27. The van der Waals surface area contributed by atoms with Gasteiger partial charge in [-0.1, -0.05) is 41.9 Å². The minimum Gasteiger partial charge on any atom is -0.480 e. The Hall–Kier alpha value is -3.32. The van der Waals surface area contributed by atoms with Gasteiger partial charge < -0.3 is 14.8 Å². The molecule has 1 N–H and O–H groups in total. The standard InChI is InChI=1S/C20H16ClN5O2/c1-27-19-16-14-9-10-22-26(14)18(23-17(16)24-20(25-19)28-2)12-7-3-5-11-6-4-8-13(21)15(11)12/h3-10,18H,1-2H3,(H,23,24,25). The second-order valence-electron chi connectivity index (χ2n) is 6.34. The fourth-order valence-corrected chi connectivity index (χ4v) is 3.95. The summed E-state index contributed by atoms with van der Waals surface area (Å²) in [6.07, 6.45) is 1.45. The molecule has 4 aromatic rings. The number of hydrogen-bond acceptors (Lipinski definition) is 6. The summed E-state index contributed by atoms with van der Waals surface area (Å²) in [5, 5.41) is 10.7. The molecule has 0 fully saturated rings. The predicted molar refractivity (Wildman–Crippen MR) is 107 cm³/mol. The first kappa shape index (κ1) is 16.8. The largest absolute Gasteiger partial charge is 0.480 e. The van der Waals surface area contributed by atoms with E-state index < -0.39 is 0 Å². The summed E-state index contributed by atoms with van der Waals surface area (Å²) in [5.41, 5.74) is 2.58. The number of ether oxygens (including phenoxy) is 2. The van der Waals surface area contributed by atoms with Crippen LogP contribution >= 0.6 is 11.6 Å². The molecule has 0 saturated carbocycles. The highest BCUT2D eigenvalue weighted by molar-refractivity contribution is 6.35. The average molecular weight is 394 g/mol. The molecule has 140 valence electrons. The molecule has 0 aliphatic carbocycles. The van der Waals surface area contributed by atoms with Crippen LogP contribution in [0.2, 0.25) is 5.02 Å². The van der Waals surface area contributed by atoms with Crippen molar-refractivity contribution in [3.05, 3.63) is 59.2 Å². The second-order valence-corrected chi connectivity index (χ2v) is 6.74. The number of halogens is 1. The molecular weight excluding hydrogens is 378 g/mol. The lowest BCUT2D eigenvalue weighted by Gasteiger charge is -2.30. The summed E-state index contributed by atoms with van der Waals surface area (Å²) in [7, 11) is 3.09. The highest BCUT2D eigenvalue weighted by Gasteiger charge is 2.31. The van der Waals surface area contributed by atoms with Gasteiger partial charge >= 0.3 is 6.01 Å². The number of anilines is 1. The molecule has 1 unspecified atom stereocenters. The Morgan fingerprint density at radius 3 is 2.64 bits per heavy atom. The van der Waals surface area contributed by atoms with Crippen molar-refractivity contribution in [3.8, 4) is 23.1 Å². The normalized spacial score (nSPS) is 14.9. The molecule has 5 rings (SSSR count). The second kappa shape index (κ2) is 6.38. The zero-order valence-electron chi connectivity index (χ0n) is 15.2. The Balaban J connectivity index is 1.76. The highest BCUT2D eigenvalue weighted by Crippen LogP contribution is 2.43. The minimum absolute atomic E-state index is 0.228. The van der Waals surface area contributed by atoms with Crippen molar-refractivity contribution in [2.75, 3.05) is 19.5 Å². The third-order valence-corrected chi connectivity index (χ3v) is 5.17. The van der Waals surface area contributed by atoms with Crippen molar-refractivity contribution in [3.63, 3.8) is 0 Å². The van der Waals surface area contributed by atoms with Gasteiger partial charge in [-0.25, -0.2) is 4.68 Å². The third kappa shape index (κ3) is 2.40. The zero-order valence-corrected chi connectivity index (χ0v) is 15.9. The Bertz CT molecular complexity index is 1200. The summed E-state index contributed by atoms with van der Waals surface area (Å²) < 4.78 is 12.6. The van der Waals surface area contributed by atoms with Gasteiger partial charge in [0.2, 0.25) is 5.88 Å². The van der Waals surface area contributed by atoms with Crippen LogP contribution in [0.3, 0.4) is 0 Å². The number of benzene rings is 2. The Labute approximate surface area is 165 Å². The zero-order chi connectivity index (χ0) is 19.3. The summed E-state index contributed by atoms with van der Waals surface area (Å²) in [6.45, 7) is 0. The summed E-state index contributed by atoms with van der Waals surface area (Å²) in [4.78, 5) is 8.80. The van der Waals surface area contributed by atoms with Crippen LogP contribution in [0.1, 0.15) is 11.7 Å². The van der Waals surface area contributed by atoms with Crippen LogP contribution in [0.5, 0.6) is 11.9 Å². The topological polar surface area (TPSA) is 74.1 Å². The van der Waals surface area contributed by atoms with E-state index in [1.54, 1.807) is 13.3 Å². The number of rotatable bonds is 3. The van der Waals surface area contributed by atoms with Crippen molar-refractivity contribution < 1.29 is 9.47 Å². The number of nitrogens with zero attached hydrogens (tertiary/aromatic N) is 4. The van der Waals surface area contributed by atoms with Crippen molar-refractivity contribution in [1.82, 2.24) is 19.7 Å². The number of aromatic nitrogens is 4. The monoisotopic (exact) mass is 393 g/mol. The van der Waals surface area contributed by atoms with Gasteiger partial charge in [0.1, 0.15) is 17.5 Å². The van der Waals surface area contributed by atoms with E-state index >= 15 is 0 Å². The molecule has 1 aliphatic rings. The van der Waals surface area contributed by atoms with Gasteiger partial charge in [-0.3, -0.25) is 0 Å². The van der Waals surface area contributed by atoms with E-state index in [0.29, 0.717) is 16.7 Å². The fraction of sp³-hybridized carbons (Fsp3) is 0.150. The highest BCUT2D eigenvalue weighted by atomic mass is 35.5. The van der Waals surface area contributed by atoms with Gasteiger partial charge in [-0.15, -0.1) is 0 Å². The van der Waals surface area contributed by atoms with Gasteiger partial charge in [-0.2, -0.15) is 15.1 Å². The average Bonchev–Trinajstić information content (AvgIpc) is 3.22. The molecule has 2 aromatic heterocycles. The van der Waals surface area contributed by atoms with Crippen LogP contribution in [-0.2, 0) is 0 Å². The lowest BCUT2D eigenvalue weighted by molar-refractivity contribution is 0.352. The van der Waals surface area contributed by atoms with E-state index in [0.717, 1.165) is 27.6 Å². The summed E-state index contributed by atoms with van der Waals surface area (Å²) >= 11 is 6.55. The van der Waals surface area contributed by atoms with Crippen LogP contribution in [0.15, 0.2) is 48.7 Å². The molecule has 1 atom stereocenters. The maximum atomic E-state index is 6.55. The van der Waals surface area contributed by atoms with Crippen LogP contribution in [0.4, 0.5) is 5.82 Å². The van der Waals surface area contributed by atoms with E-state index in [4.69, 9.17) is 21.1 Å². The molecule has 0 amide bonds. The Morgan fingerprint density at radius 1 is 1.04 bits per heavy atom. The summed E-state index contributed by atoms with van der Waals surface area (Å²) in [5.74, 6) is 1.04. The van der Waals surface area contributed by atoms with E-state index in [2.05, 4.69) is 20.4 Å². The quantitative estimate of drug-likeness (QED) is 0.564. The number of hydrogen-bond donors (Lipinski definition) is 1. The molecule has 8 heteroatoms. The molecule has 2 aromatic carbocycles. The van der Waals surface area contributed by atoms with E-state index in [1.807, 2.05) is 47.1 Å². The van der Waals surface area contributed by atoms with Gasteiger partial charge in [-0.05, 0) is 17.5 Å². The van der Waals surface area contributed by atoms with Crippen LogP contribution in [0, 0.1) is 0 Å². The number of fused-ring (bicyclic) bond motifs is 4. The number of nitrogens with one attached hydrogen (secondary N) is 1. The van der Waals surface area contributed by atoms with Crippen LogP contribution < -0.4 is 14.8 Å². The molecule has 1 aliphatic heterocycles. The molecule has 0 spiro atoms. The minimum atomic E-state index is -0.301. The van der Waals surface area contributed by atoms with Gasteiger partial charge in [0.25, 0.3) is 0 Å².